The molecular weight excluding hydrogens is 272 g/mol. The first kappa shape index (κ1) is 13.7. The van der Waals surface area contributed by atoms with Gasteiger partial charge in [-0.3, -0.25) is 0 Å². The Morgan fingerprint density at radius 3 is 2.64 bits per heavy atom. The summed E-state index contributed by atoms with van der Waals surface area (Å²) >= 11 is 3.22. The zero-order valence-electron chi connectivity index (χ0n) is 7.63. The first-order valence-corrected chi connectivity index (χ1v) is 4.79. The van der Waals surface area contributed by atoms with Crippen LogP contribution in [-0.4, -0.2) is 5.11 Å². The van der Waals surface area contributed by atoms with Crippen LogP contribution in [0.1, 0.15) is 24.9 Å². The van der Waals surface area contributed by atoms with E-state index < -0.39 is 5.82 Å². The lowest BCUT2D eigenvalue weighted by molar-refractivity contribution is 0.419. The molecule has 14 heavy (non-hydrogen) atoms. The maximum atomic E-state index is 12.9. The highest BCUT2D eigenvalue weighted by atomic mass is 79.9. The van der Waals surface area contributed by atoms with Gasteiger partial charge in [0, 0.05) is 16.1 Å². The van der Waals surface area contributed by atoms with Crippen LogP contribution in [0.25, 0.3) is 0 Å². The van der Waals surface area contributed by atoms with Gasteiger partial charge in [0.15, 0.2) is 11.6 Å². The molecule has 0 bridgehead atoms. The van der Waals surface area contributed by atoms with E-state index in [2.05, 4.69) is 15.9 Å². The Morgan fingerprint density at radius 1 is 1.57 bits per heavy atom. The monoisotopic (exact) mass is 283 g/mol. The Bertz CT molecular complexity index is 322. The van der Waals surface area contributed by atoms with Crippen LogP contribution in [-0.2, 0) is 0 Å². The summed E-state index contributed by atoms with van der Waals surface area (Å²) in [7, 11) is 0. The Morgan fingerprint density at radius 2 is 2.14 bits per heavy atom. The molecule has 1 rings (SSSR count). The molecule has 3 N–H and O–H groups in total. The third-order valence-corrected chi connectivity index (χ3v) is 2.62. The predicted octanol–water partition coefficient (Wildman–Crippen LogP) is 3.13. The Hall–Kier alpha value is -0.320. The van der Waals surface area contributed by atoms with Crippen molar-refractivity contribution in [1.29, 1.82) is 0 Å². The average Bonchev–Trinajstić information content (AvgIpc) is 2.12. The number of aromatic hydroxyl groups is 1. The number of phenols is 1. The molecule has 0 fully saturated rings. The lowest BCUT2D eigenvalue weighted by Gasteiger charge is -2.13. The van der Waals surface area contributed by atoms with Crippen LogP contribution >= 0.6 is 28.3 Å². The summed E-state index contributed by atoms with van der Waals surface area (Å²) in [6.07, 6.45) is 0.648. The Balaban J connectivity index is 0.00000169. The smallest absolute Gasteiger partial charge is 0.165 e. The first-order chi connectivity index (χ1) is 6.07. The van der Waals surface area contributed by atoms with Crippen LogP contribution in [0, 0.1) is 5.82 Å². The van der Waals surface area contributed by atoms with E-state index in [4.69, 9.17) is 5.73 Å². The molecule has 5 heteroatoms. The number of hydrogen-bond acceptors (Lipinski definition) is 2. The normalized spacial score (nSPS) is 12.0. The lowest BCUT2D eigenvalue weighted by atomic mass is 10.0. The summed E-state index contributed by atoms with van der Waals surface area (Å²) in [6.45, 7) is 1.88. The fourth-order valence-corrected chi connectivity index (χ4v) is 1.73. The van der Waals surface area contributed by atoms with Gasteiger partial charge in [0.25, 0.3) is 0 Å². The number of nitrogens with two attached hydrogens (primary N) is 1. The maximum Gasteiger partial charge on any atom is 0.165 e. The van der Waals surface area contributed by atoms with Gasteiger partial charge < -0.3 is 10.8 Å². The van der Waals surface area contributed by atoms with Gasteiger partial charge in [-0.25, -0.2) is 4.39 Å². The van der Waals surface area contributed by atoms with E-state index in [1.165, 1.54) is 6.07 Å². The van der Waals surface area contributed by atoms with Gasteiger partial charge in [-0.1, -0.05) is 22.9 Å². The van der Waals surface area contributed by atoms with Crippen LogP contribution in [0.3, 0.4) is 0 Å². The molecule has 2 nitrogen and oxygen atoms in total. The highest BCUT2D eigenvalue weighted by Crippen LogP contribution is 2.33. The van der Waals surface area contributed by atoms with Gasteiger partial charge in [-0.15, -0.1) is 12.4 Å². The van der Waals surface area contributed by atoms with Gasteiger partial charge >= 0.3 is 0 Å². The summed E-state index contributed by atoms with van der Waals surface area (Å²) in [5, 5.41) is 9.39. The van der Waals surface area contributed by atoms with E-state index >= 15 is 0 Å². The van der Waals surface area contributed by atoms with Crippen molar-refractivity contribution in [3.63, 3.8) is 0 Å². The summed E-state index contributed by atoms with van der Waals surface area (Å²) in [5.41, 5.74) is 6.14. The van der Waals surface area contributed by atoms with E-state index in [1.54, 1.807) is 6.07 Å². The fourth-order valence-electron chi connectivity index (χ4n) is 1.11. The largest absolute Gasteiger partial charge is 0.505 e. The molecule has 80 valence electrons. The quantitative estimate of drug-likeness (QED) is 0.876. The fraction of sp³-hybridized carbons (Fsp3) is 0.333. The number of phenolic OH excluding ortho intramolecular Hbond substituents is 1. The predicted molar refractivity (Wildman–Crippen MR) is 60.2 cm³/mol. The highest BCUT2D eigenvalue weighted by Gasteiger charge is 2.16. The topological polar surface area (TPSA) is 46.2 Å². The molecule has 0 saturated heterocycles. The standard InChI is InChI=1S/C9H11BrFNO.ClH/c1-2-7(12)8-5(10)3-4-6(11)9(8)13;/h3-4,7,13H,2,12H2,1H3;1H/t7-;/m1./s1. The average molecular weight is 285 g/mol. The van der Waals surface area contributed by atoms with Crippen molar-refractivity contribution in [2.45, 2.75) is 19.4 Å². The summed E-state index contributed by atoms with van der Waals surface area (Å²) < 4.78 is 13.6. The molecule has 0 spiro atoms. The van der Waals surface area contributed by atoms with Crippen LogP contribution in [0.2, 0.25) is 0 Å². The molecule has 0 unspecified atom stereocenters. The SMILES string of the molecule is CC[C@@H](N)c1c(Br)ccc(F)c1O.Cl. The van der Waals surface area contributed by atoms with Crippen molar-refractivity contribution < 1.29 is 9.50 Å². The van der Waals surface area contributed by atoms with E-state index in [-0.39, 0.29) is 24.2 Å². The van der Waals surface area contributed by atoms with Crippen molar-refractivity contribution in [3.8, 4) is 5.75 Å². The first-order valence-electron chi connectivity index (χ1n) is 4.00. The molecule has 0 heterocycles. The second kappa shape index (κ2) is 5.53. The van der Waals surface area contributed by atoms with Crippen molar-refractivity contribution in [2.75, 3.05) is 0 Å². The van der Waals surface area contributed by atoms with Crippen molar-refractivity contribution in [2.24, 2.45) is 5.73 Å². The maximum absolute atomic E-state index is 12.9. The number of halogens is 3. The van der Waals surface area contributed by atoms with Gasteiger partial charge in [0.1, 0.15) is 0 Å². The molecule has 0 amide bonds. The minimum atomic E-state index is -0.637. The minimum Gasteiger partial charge on any atom is -0.505 e. The summed E-state index contributed by atoms with van der Waals surface area (Å²) in [6, 6.07) is 2.40. The van der Waals surface area contributed by atoms with Gasteiger partial charge in [-0.2, -0.15) is 0 Å². The molecule has 1 aromatic rings. The molecule has 0 aliphatic carbocycles. The highest BCUT2D eigenvalue weighted by molar-refractivity contribution is 9.10. The molecule has 0 aliphatic rings. The Labute approximate surface area is 96.8 Å². The van der Waals surface area contributed by atoms with E-state index in [0.29, 0.717) is 16.5 Å². The van der Waals surface area contributed by atoms with Crippen LogP contribution in [0.15, 0.2) is 16.6 Å². The summed E-state index contributed by atoms with van der Waals surface area (Å²) in [4.78, 5) is 0. The molecular formula is C9H12BrClFNO. The van der Waals surface area contributed by atoms with Gasteiger partial charge in [-0.05, 0) is 18.6 Å². The lowest BCUT2D eigenvalue weighted by Crippen LogP contribution is -2.10. The van der Waals surface area contributed by atoms with E-state index in [1.807, 2.05) is 6.92 Å². The van der Waals surface area contributed by atoms with E-state index in [9.17, 15) is 9.50 Å². The Kier molecular flexibility index (Phi) is 5.41. The van der Waals surface area contributed by atoms with Gasteiger partial charge in [0.05, 0.1) is 0 Å². The number of benzene rings is 1. The zero-order valence-corrected chi connectivity index (χ0v) is 10.0. The molecule has 1 aromatic carbocycles. The number of rotatable bonds is 2. The van der Waals surface area contributed by atoms with Gasteiger partial charge in [0.2, 0.25) is 0 Å². The molecule has 1 atom stereocenters. The van der Waals surface area contributed by atoms with Crippen molar-refractivity contribution in [3.05, 3.63) is 28.0 Å². The van der Waals surface area contributed by atoms with E-state index in [0.717, 1.165) is 0 Å². The van der Waals surface area contributed by atoms with Crippen LogP contribution in [0.4, 0.5) is 4.39 Å². The molecule has 0 aliphatic heterocycles. The third-order valence-electron chi connectivity index (χ3n) is 1.93. The minimum absolute atomic E-state index is 0. The third kappa shape index (κ3) is 2.59. The second-order valence-corrected chi connectivity index (χ2v) is 3.66. The van der Waals surface area contributed by atoms with Crippen molar-refractivity contribution >= 4 is 28.3 Å². The van der Waals surface area contributed by atoms with Crippen LogP contribution in [0.5, 0.6) is 5.75 Å². The van der Waals surface area contributed by atoms with Crippen LogP contribution < -0.4 is 5.73 Å². The molecule has 0 radical (unpaired) electrons. The summed E-state index contributed by atoms with van der Waals surface area (Å²) in [5.74, 6) is -0.995. The zero-order chi connectivity index (χ0) is 10.0. The molecule has 0 saturated carbocycles. The van der Waals surface area contributed by atoms with Crippen molar-refractivity contribution in [1.82, 2.24) is 0 Å². The second-order valence-electron chi connectivity index (χ2n) is 2.81. The molecule has 0 aromatic heterocycles. The number of hydrogen-bond donors (Lipinski definition) is 2.